The van der Waals surface area contributed by atoms with E-state index in [1.54, 1.807) is 24.3 Å². The number of rotatable bonds is 4. The van der Waals surface area contributed by atoms with Crippen LogP contribution in [-0.2, 0) is 0 Å². The fourth-order valence-electron chi connectivity index (χ4n) is 2.28. The van der Waals surface area contributed by atoms with Crippen molar-refractivity contribution in [2.24, 2.45) is 0 Å². The second-order valence-corrected chi connectivity index (χ2v) is 4.73. The average Bonchev–Trinajstić information content (AvgIpc) is 2.71. The second-order valence-electron chi connectivity index (χ2n) is 4.73. The van der Waals surface area contributed by atoms with Gasteiger partial charge in [0.25, 0.3) is 0 Å². The molecule has 0 aliphatic heterocycles. The molecule has 0 aliphatic carbocycles. The Hall–Kier alpha value is -2.17. The Balaban J connectivity index is 2.71. The summed E-state index contributed by atoms with van der Waals surface area (Å²) in [6, 6.07) is 6.90. The van der Waals surface area contributed by atoms with Crippen LogP contribution in [-0.4, -0.2) is 20.9 Å². The summed E-state index contributed by atoms with van der Waals surface area (Å²) in [6.07, 6.45) is 1.90. The van der Waals surface area contributed by atoms with Gasteiger partial charge in [-0.25, -0.2) is 13.9 Å². The van der Waals surface area contributed by atoms with Crippen LogP contribution in [0.25, 0.3) is 11.0 Å². The maximum absolute atomic E-state index is 12.4. The minimum Gasteiger partial charge on any atom is -0.274 e. The van der Waals surface area contributed by atoms with E-state index in [9.17, 15) is 14.4 Å². The summed E-state index contributed by atoms with van der Waals surface area (Å²) in [5.41, 5.74) is 0.448. The van der Waals surface area contributed by atoms with E-state index in [1.807, 2.05) is 13.8 Å². The molecule has 0 saturated heterocycles. The summed E-state index contributed by atoms with van der Waals surface area (Å²) in [7, 11) is 0. The first-order chi connectivity index (χ1) is 9.61. The minimum atomic E-state index is -0.553. The molecule has 1 aromatic heterocycles. The molecule has 0 bridgehead atoms. The van der Waals surface area contributed by atoms with Gasteiger partial charge < -0.3 is 0 Å². The standard InChI is InChI=1S/C15H18N2O3/c1-3-7-13(18)16-11-9-5-6-10-12(11)17(15(16)20)14(19)8-4-2/h5-6,9-10H,3-4,7-8H2,1-2H3. The van der Waals surface area contributed by atoms with Crippen LogP contribution in [0.15, 0.2) is 29.1 Å². The molecule has 0 aliphatic rings. The van der Waals surface area contributed by atoms with Gasteiger partial charge in [-0.3, -0.25) is 9.59 Å². The van der Waals surface area contributed by atoms with E-state index in [2.05, 4.69) is 0 Å². The lowest BCUT2D eigenvalue weighted by Crippen LogP contribution is -2.32. The summed E-state index contributed by atoms with van der Waals surface area (Å²) in [5, 5.41) is 0. The first-order valence-electron chi connectivity index (χ1n) is 6.90. The van der Waals surface area contributed by atoms with Gasteiger partial charge in [-0.2, -0.15) is 0 Å². The Kier molecular flexibility index (Phi) is 4.17. The predicted octanol–water partition coefficient (Wildman–Crippen LogP) is 2.68. The van der Waals surface area contributed by atoms with E-state index in [-0.39, 0.29) is 24.7 Å². The van der Waals surface area contributed by atoms with Crippen molar-refractivity contribution in [1.82, 2.24) is 9.13 Å². The summed E-state index contributed by atoms with van der Waals surface area (Å²) >= 11 is 0. The molecule has 0 amide bonds. The quantitative estimate of drug-likeness (QED) is 0.861. The van der Waals surface area contributed by atoms with Crippen molar-refractivity contribution in [1.29, 1.82) is 0 Å². The fourth-order valence-corrected chi connectivity index (χ4v) is 2.28. The highest BCUT2D eigenvalue weighted by atomic mass is 16.2. The van der Waals surface area contributed by atoms with Gasteiger partial charge in [0.05, 0.1) is 11.0 Å². The Morgan fingerprint density at radius 1 is 0.900 bits per heavy atom. The molecule has 0 N–H and O–H groups in total. The topological polar surface area (TPSA) is 61.1 Å². The minimum absolute atomic E-state index is 0.267. The van der Waals surface area contributed by atoms with Crippen molar-refractivity contribution >= 4 is 22.8 Å². The van der Waals surface area contributed by atoms with Crippen molar-refractivity contribution in [2.45, 2.75) is 39.5 Å². The van der Waals surface area contributed by atoms with Crippen molar-refractivity contribution < 1.29 is 9.59 Å². The highest BCUT2D eigenvalue weighted by molar-refractivity contribution is 5.96. The number of para-hydroxylation sites is 2. The molecular formula is C15H18N2O3. The van der Waals surface area contributed by atoms with Crippen molar-refractivity contribution in [3.8, 4) is 0 Å². The number of benzene rings is 1. The number of hydrogen-bond acceptors (Lipinski definition) is 3. The molecule has 0 unspecified atom stereocenters. The number of hydrogen-bond donors (Lipinski definition) is 0. The van der Waals surface area contributed by atoms with E-state index < -0.39 is 5.69 Å². The third-order valence-corrected chi connectivity index (χ3v) is 3.17. The lowest BCUT2D eigenvalue weighted by Gasteiger charge is -1.99. The molecule has 0 fully saturated rings. The van der Waals surface area contributed by atoms with Gasteiger partial charge in [0.1, 0.15) is 0 Å². The molecule has 0 saturated carbocycles. The molecule has 20 heavy (non-hydrogen) atoms. The molecule has 1 heterocycles. The third-order valence-electron chi connectivity index (χ3n) is 3.17. The second kappa shape index (κ2) is 5.86. The first-order valence-corrected chi connectivity index (χ1v) is 6.90. The lowest BCUT2D eigenvalue weighted by atomic mass is 10.2. The smallest absolute Gasteiger partial charge is 0.274 e. The SMILES string of the molecule is CCCC(=O)n1c(=O)n(C(=O)CCC)c2ccccc21. The predicted molar refractivity (Wildman–Crippen MR) is 77.3 cm³/mol. The van der Waals surface area contributed by atoms with Gasteiger partial charge in [-0.15, -0.1) is 0 Å². The normalized spacial score (nSPS) is 10.9. The van der Waals surface area contributed by atoms with Crippen LogP contribution >= 0.6 is 0 Å². The van der Waals surface area contributed by atoms with Gasteiger partial charge in [-0.05, 0) is 25.0 Å². The van der Waals surface area contributed by atoms with Crippen LogP contribution in [0.1, 0.15) is 49.1 Å². The zero-order valence-corrected chi connectivity index (χ0v) is 11.8. The summed E-state index contributed by atoms with van der Waals surface area (Å²) in [4.78, 5) is 36.6. The van der Waals surface area contributed by atoms with Crippen molar-refractivity contribution in [3.05, 3.63) is 34.7 Å². The molecule has 0 radical (unpaired) electrons. The monoisotopic (exact) mass is 274 g/mol. The summed E-state index contributed by atoms with van der Waals surface area (Å²) in [6.45, 7) is 3.76. The van der Waals surface area contributed by atoms with E-state index in [0.29, 0.717) is 23.9 Å². The van der Waals surface area contributed by atoms with E-state index in [0.717, 1.165) is 9.13 Å². The Bertz CT molecular complexity index is 651. The number of carbonyl (C=O) groups excluding carboxylic acids is 2. The van der Waals surface area contributed by atoms with Crippen LogP contribution in [0.5, 0.6) is 0 Å². The van der Waals surface area contributed by atoms with E-state index in [4.69, 9.17) is 0 Å². The molecule has 2 rings (SSSR count). The Morgan fingerprint density at radius 3 is 1.65 bits per heavy atom. The molecule has 5 heteroatoms. The number of aromatic nitrogens is 2. The van der Waals surface area contributed by atoms with Gasteiger partial charge in [0.2, 0.25) is 11.8 Å². The maximum atomic E-state index is 12.4. The van der Waals surface area contributed by atoms with Gasteiger partial charge in [0.15, 0.2) is 0 Å². The highest BCUT2D eigenvalue weighted by Gasteiger charge is 2.20. The highest BCUT2D eigenvalue weighted by Crippen LogP contribution is 2.14. The van der Waals surface area contributed by atoms with Crippen LogP contribution < -0.4 is 5.69 Å². The molecule has 0 atom stereocenters. The number of carbonyl (C=O) groups is 2. The van der Waals surface area contributed by atoms with Crippen LogP contribution in [0.4, 0.5) is 0 Å². The van der Waals surface area contributed by atoms with Gasteiger partial charge >= 0.3 is 5.69 Å². The first kappa shape index (κ1) is 14.2. The van der Waals surface area contributed by atoms with Crippen molar-refractivity contribution in [2.75, 3.05) is 0 Å². The zero-order chi connectivity index (χ0) is 14.7. The fraction of sp³-hybridized carbons (Fsp3) is 0.400. The van der Waals surface area contributed by atoms with Gasteiger partial charge in [-0.1, -0.05) is 26.0 Å². The summed E-state index contributed by atoms with van der Waals surface area (Å²) < 4.78 is 2.23. The van der Waals surface area contributed by atoms with E-state index in [1.165, 1.54) is 0 Å². The van der Waals surface area contributed by atoms with E-state index >= 15 is 0 Å². The summed E-state index contributed by atoms with van der Waals surface area (Å²) in [5.74, 6) is -0.534. The number of nitrogens with zero attached hydrogens (tertiary/aromatic N) is 2. The largest absolute Gasteiger partial charge is 0.342 e. The maximum Gasteiger partial charge on any atom is 0.342 e. The Morgan fingerprint density at radius 2 is 1.30 bits per heavy atom. The Labute approximate surface area is 116 Å². The van der Waals surface area contributed by atoms with Gasteiger partial charge in [0, 0.05) is 12.8 Å². The zero-order valence-electron chi connectivity index (χ0n) is 11.8. The molecule has 5 nitrogen and oxygen atoms in total. The van der Waals surface area contributed by atoms with Crippen LogP contribution in [0, 0.1) is 0 Å². The molecular weight excluding hydrogens is 256 g/mol. The van der Waals surface area contributed by atoms with Crippen LogP contribution in [0.3, 0.4) is 0 Å². The molecule has 1 aromatic carbocycles. The third kappa shape index (κ3) is 2.31. The molecule has 106 valence electrons. The average molecular weight is 274 g/mol. The molecule has 2 aromatic rings. The number of fused-ring (bicyclic) bond motifs is 1. The number of imidazole rings is 1. The van der Waals surface area contributed by atoms with Crippen molar-refractivity contribution in [3.63, 3.8) is 0 Å². The lowest BCUT2D eigenvalue weighted by molar-refractivity contribution is 0.0889. The molecule has 0 spiro atoms. The van der Waals surface area contributed by atoms with Crippen LogP contribution in [0.2, 0.25) is 0 Å².